The quantitative estimate of drug-likeness (QED) is 0.428. The van der Waals surface area contributed by atoms with Crippen LogP contribution in [0, 0.1) is 5.92 Å². The van der Waals surface area contributed by atoms with Gasteiger partial charge in [0, 0.05) is 7.97 Å². The van der Waals surface area contributed by atoms with Gasteiger partial charge in [-0.2, -0.15) is 0 Å². The molecule has 0 spiro atoms. The van der Waals surface area contributed by atoms with Crippen molar-refractivity contribution in [1.82, 2.24) is 4.90 Å². The Morgan fingerprint density at radius 3 is 2.17 bits per heavy atom. The van der Waals surface area contributed by atoms with Crippen molar-refractivity contribution in [3.05, 3.63) is 35.4 Å². The highest BCUT2D eigenvalue weighted by atomic mass is 32.2. The van der Waals surface area contributed by atoms with Gasteiger partial charge in [0.15, 0.2) is 9.84 Å². The standard InChI is InChI=1S/C18H24NO7PS.C2H6.H2/c20-17-15-7-3-4-8-16(15)18(21)19(17)10-9-14(26-27(22)23)12-28(24,25)11-13-5-1-2-6-13;1-2;/h3-4,7-8,13-14,22-23H,1-2,5-6,9-12H2;1-2H3;1H. The predicted molar refractivity (Wildman–Crippen MR) is 117 cm³/mol. The van der Waals surface area contributed by atoms with E-state index in [-0.39, 0.29) is 31.8 Å². The number of carbonyl (C=O) groups excluding carboxylic acids is 2. The molecule has 1 aliphatic carbocycles. The highest BCUT2D eigenvalue weighted by Gasteiger charge is 2.36. The molecule has 2 aliphatic rings. The molecule has 8 nitrogen and oxygen atoms in total. The summed E-state index contributed by atoms with van der Waals surface area (Å²) in [7, 11) is -6.21. The third-order valence-electron chi connectivity index (χ3n) is 5.20. The van der Waals surface area contributed by atoms with Crippen molar-refractivity contribution < 1.29 is 33.7 Å². The van der Waals surface area contributed by atoms with Gasteiger partial charge in [-0.25, -0.2) is 8.42 Å². The van der Waals surface area contributed by atoms with Gasteiger partial charge in [-0.05, 0) is 37.3 Å². The van der Waals surface area contributed by atoms with Gasteiger partial charge < -0.3 is 14.3 Å². The average Bonchev–Trinajstić information content (AvgIpc) is 3.28. The Bertz CT molecular complexity index is 809. The van der Waals surface area contributed by atoms with E-state index in [0.29, 0.717) is 11.1 Å². The molecule has 1 saturated carbocycles. The second-order valence-electron chi connectivity index (χ2n) is 7.30. The summed E-state index contributed by atoms with van der Waals surface area (Å²) in [5.74, 6) is -1.07. The van der Waals surface area contributed by atoms with Crippen molar-refractivity contribution in [3.63, 3.8) is 0 Å². The molecule has 2 amide bonds. The zero-order valence-corrected chi connectivity index (χ0v) is 19.1. The normalized spacial score (nSPS) is 17.8. The van der Waals surface area contributed by atoms with Gasteiger partial charge in [0.25, 0.3) is 11.8 Å². The Balaban J connectivity index is 0.00000156. The molecule has 0 bridgehead atoms. The first-order chi connectivity index (χ1) is 14.3. The number of fused-ring (bicyclic) bond motifs is 1. The Hall–Kier alpha value is -1.38. The number of imide groups is 1. The summed E-state index contributed by atoms with van der Waals surface area (Å²) in [6.07, 6.45) is 2.82. The molecule has 0 saturated heterocycles. The fourth-order valence-corrected chi connectivity index (χ4v) is 6.44. The van der Waals surface area contributed by atoms with Gasteiger partial charge in [-0.1, -0.05) is 38.8 Å². The van der Waals surface area contributed by atoms with Gasteiger partial charge in [-0.15, -0.1) is 0 Å². The summed E-state index contributed by atoms with van der Waals surface area (Å²) >= 11 is 0. The lowest BCUT2D eigenvalue weighted by Crippen LogP contribution is -2.35. The zero-order valence-electron chi connectivity index (χ0n) is 17.4. The van der Waals surface area contributed by atoms with E-state index in [1.54, 1.807) is 24.3 Å². The van der Waals surface area contributed by atoms with Crippen LogP contribution in [0.3, 0.4) is 0 Å². The molecule has 1 fully saturated rings. The molecule has 1 heterocycles. The molecule has 1 aromatic rings. The number of carbonyl (C=O) groups is 2. The summed E-state index contributed by atoms with van der Waals surface area (Å²) in [6.45, 7) is 3.94. The molecule has 1 atom stereocenters. The molecule has 1 aromatic carbocycles. The van der Waals surface area contributed by atoms with Gasteiger partial charge in [-0.3, -0.25) is 14.5 Å². The van der Waals surface area contributed by atoms with Crippen LogP contribution in [0.5, 0.6) is 0 Å². The topological polar surface area (TPSA) is 121 Å². The van der Waals surface area contributed by atoms with Crippen molar-refractivity contribution in [2.75, 3.05) is 18.1 Å². The van der Waals surface area contributed by atoms with Gasteiger partial charge >= 0.3 is 8.60 Å². The number of benzene rings is 1. The summed E-state index contributed by atoms with van der Waals surface area (Å²) in [5, 5.41) is 0. The van der Waals surface area contributed by atoms with Gasteiger partial charge in [0.2, 0.25) is 0 Å². The fourth-order valence-electron chi connectivity index (χ4n) is 3.90. The zero-order chi connectivity index (χ0) is 22.3. The molecule has 1 unspecified atom stereocenters. The van der Waals surface area contributed by atoms with E-state index in [9.17, 15) is 27.8 Å². The lowest BCUT2D eigenvalue weighted by atomic mass is 10.1. The highest BCUT2D eigenvalue weighted by Crippen LogP contribution is 2.31. The van der Waals surface area contributed by atoms with Crippen molar-refractivity contribution in [3.8, 4) is 0 Å². The van der Waals surface area contributed by atoms with Crippen LogP contribution < -0.4 is 0 Å². The Morgan fingerprint density at radius 1 is 1.13 bits per heavy atom. The maximum absolute atomic E-state index is 12.5. The third kappa shape index (κ3) is 6.56. The van der Waals surface area contributed by atoms with E-state index in [2.05, 4.69) is 0 Å². The Labute approximate surface area is 180 Å². The SMILES string of the molecule is CC.O=C1c2ccccc2C(=O)N1CCC(CS(=O)(=O)CC1CCCC1)OP(O)O.[HH]. The number of nitrogens with zero attached hydrogens (tertiary/aromatic N) is 1. The highest BCUT2D eigenvalue weighted by molar-refractivity contribution is 7.91. The first-order valence-electron chi connectivity index (χ1n) is 10.3. The minimum Gasteiger partial charge on any atom is -0.328 e. The van der Waals surface area contributed by atoms with Crippen molar-refractivity contribution in [2.24, 2.45) is 5.92 Å². The van der Waals surface area contributed by atoms with Crippen LogP contribution in [-0.2, 0) is 14.4 Å². The lowest BCUT2D eigenvalue weighted by Gasteiger charge is -2.21. The molecule has 30 heavy (non-hydrogen) atoms. The van der Waals surface area contributed by atoms with Crippen molar-refractivity contribution >= 4 is 30.3 Å². The third-order valence-corrected chi connectivity index (χ3v) is 7.55. The Morgan fingerprint density at radius 2 is 1.67 bits per heavy atom. The van der Waals surface area contributed by atoms with Crippen molar-refractivity contribution in [1.29, 1.82) is 0 Å². The van der Waals surface area contributed by atoms with Crippen LogP contribution in [0.25, 0.3) is 0 Å². The average molecular weight is 462 g/mol. The monoisotopic (exact) mass is 461 g/mol. The smallest absolute Gasteiger partial charge is 0.327 e. The summed E-state index contributed by atoms with van der Waals surface area (Å²) in [5.41, 5.74) is 0.621. The second kappa shape index (κ2) is 11.3. The molecule has 10 heteroatoms. The molecule has 0 aromatic heterocycles. The van der Waals surface area contributed by atoms with E-state index in [0.717, 1.165) is 30.6 Å². The molecule has 3 rings (SSSR count). The summed E-state index contributed by atoms with van der Waals surface area (Å²) < 4.78 is 30.0. The van der Waals surface area contributed by atoms with Crippen LogP contribution in [0.15, 0.2) is 24.3 Å². The molecular formula is C20H32NO7PS. The van der Waals surface area contributed by atoms with Crippen LogP contribution in [0.1, 0.15) is 68.1 Å². The van der Waals surface area contributed by atoms with Crippen LogP contribution in [0.4, 0.5) is 0 Å². The molecule has 1 aliphatic heterocycles. The lowest BCUT2D eigenvalue weighted by molar-refractivity contribution is 0.0633. The predicted octanol–water partition coefficient (Wildman–Crippen LogP) is 3.15. The largest absolute Gasteiger partial charge is 0.328 e. The maximum atomic E-state index is 12.5. The molecular weight excluding hydrogens is 429 g/mol. The first kappa shape index (κ1) is 24.9. The van der Waals surface area contributed by atoms with Crippen LogP contribution in [-0.4, -0.2) is 59.1 Å². The van der Waals surface area contributed by atoms with E-state index in [4.69, 9.17) is 4.52 Å². The van der Waals surface area contributed by atoms with Crippen molar-refractivity contribution in [2.45, 2.75) is 52.1 Å². The Kier molecular flexibility index (Phi) is 9.37. The summed E-state index contributed by atoms with van der Waals surface area (Å²) in [4.78, 5) is 44.3. The van der Waals surface area contributed by atoms with Gasteiger partial charge in [0.1, 0.15) is 0 Å². The second-order valence-corrected chi connectivity index (χ2v) is 10.2. The number of rotatable bonds is 9. The minimum atomic E-state index is -3.46. The fraction of sp³-hybridized carbons (Fsp3) is 0.600. The first-order valence-corrected chi connectivity index (χ1v) is 13.3. The number of hydrogen-bond donors (Lipinski definition) is 2. The van der Waals surface area contributed by atoms with Crippen LogP contribution >= 0.6 is 8.60 Å². The van der Waals surface area contributed by atoms with E-state index < -0.39 is 36.4 Å². The number of hydrogen-bond acceptors (Lipinski definition) is 7. The minimum absolute atomic E-state index is 0. The summed E-state index contributed by atoms with van der Waals surface area (Å²) in [6, 6.07) is 6.46. The molecule has 170 valence electrons. The molecule has 0 radical (unpaired) electrons. The number of sulfone groups is 1. The van der Waals surface area contributed by atoms with E-state index in [1.165, 1.54) is 0 Å². The molecule has 2 N–H and O–H groups in total. The van der Waals surface area contributed by atoms with E-state index in [1.807, 2.05) is 13.8 Å². The van der Waals surface area contributed by atoms with E-state index >= 15 is 0 Å². The number of amides is 2. The van der Waals surface area contributed by atoms with Crippen LogP contribution in [0.2, 0.25) is 0 Å². The maximum Gasteiger partial charge on any atom is 0.327 e. The van der Waals surface area contributed by atoms with Gasteiger partial charge in [0.05, 0.1) is 28.7 Å².